The van der Waals surface area contributed by atoms with E-state index >= 15 is 0 Å². The minimum atomic E-state index is -3.78. The Labute approximate surface area is 235 Å². The van der Waals surface area contributed by atoms with Gasteiger partial charge in [-0.2, -0.15) is 9.61 Å². The third-order valence-corrected chi connectivity index (χ3v) is 9.26. The first-order valence-electron chi connectivity index (χ1n) is 13.2. The second-order valence-electron chi connectivity index (χ2n) is 10.6. The van der Waals surface area contributed by atoms with Gasteiger partial charge in [0.15, 0.2) is 27.1 Å². The molecule has 0 unspecified atom stereocenters. The van der Waals surface area contributed by atoms with Gasteiger partial charge in [-0.25, -0.2) is 17.8 Å². The number of piperidine rings is 1. The summed E-state index contributed by atoms with van der Waals surface area (Å²) in [5, 5.41) is 13.8. The van der Waals surface area contributed by atoms with E-state index in [-0.39, 0.29) is 40.4 Å². The van der Waals surface area contributed by atoms with E-state index in [1.807, 2.05) is 6.07 Å². The Bertz CT molecular complexity index is 1760. The molecule has 0 radical (unpaired) electrons. The molecule has 214 valence electrons. The van der Waals surface area contributed by atoms with Gasteiger partial charge < -0.3 is 20.5 Å². The van der Waals surface area contributed by atoms with Gasteiger partial charge in [-0.05, 0) is 49.9 Å². The van der Waals surface area contributed by atoms with Crippen LogP contribution in [0.15, 0.2) is 47.6 Å². The number of carbonyl (C=O) groups is 1. The maximum Gasteiger partial charge on any atom is 0.248 e. The maximum atomic E-state index is 14.2. The van der Waals surface area contributed by atoms with Crippen LogP contribution in [0.4, 0.5) is 10.2 Å². The number of halogens is 1. The molecule has 2 aliphatic heterocycles. The zero-order chi connectivity index (χ0) is 29.1. The van der Waals surface area contributed by atoms with Crippen molar-refractivity contribution in [3.8, 4) is 28.1 Å². The lowest BCUT2D eigenvalue weighted by atomic mass is 9.87. The van der Waals surface area contributed by atoms with Crippen molar-refractivity contribution >= 4 is 27.2 Å². The van der Waals surface area contributed by atoms with Crippen LogP contribution in [-0.4, -0.2) is 76.0 Å². The molecule has 1 amide bonds. The lowest BCUT2D eigenvalue weighted by molar-refractivity contribution is -0.138. The number of nitrogen functional groups attached to an aromatic ring is 1. The van der Waals surface area contributed by atoms with Crippen LogP contribution in [0.1, 0.15) is 37.3 Å². The van der Waals surface area contributed by atoms with E-state index < -0.39 is 22.3 Å². The number of hydrogen-bond acceptors (Lipinski definition) is 9. The summed E-state index contributed by atoms with van der Waals surface area (Å²) in [7, 11) is -2.37. The lowest BCUT2D eigenvalue weighted by Crippen LogP contribution is -2.47. The zero-order valence-corrected chi connectivity index (χ0v) is 23.3. The molecule has 3 N–H and O–H groups in total. The van der Waals surface area contributed by atoms with E-state index in [0.29, 0.717) is 46.6 Å². The quantitative estimate of drug-likeness (QED) is 0.351. The number of ether oxygens (including phenoxy) is 1. The average molecular weight is 581 g/mol. The van der Waals surface area contributed by atoms with E-state index in [2.05, 4.69) is 10.1 Å². The molecule has 6 rings (SSSR count). The number of aliphatic hydroxyl groups excluding tert-OH is 1. The minimum absolute atomic E-state index is 0.0294. The first-order valence-corrected chi connectivity index (χ1v) is 15.1. The summed E-state index contributed by atoms with van der Waals surface area (Å²) in [6.45, 7) is -0.553. The molecule has 3 atom stereocenters. The molecule has 1 aromatic carbocycles. The predicted molar refractivity (Wildman–Crippen MR) is 148 cm³/mol. The van der Waals surface area contributed by atoms with E-state index in [1.54, 1.807) is 29.4 Å². The van der Waals surface area contributed by atoms with Crippen LogP contribution >= 0.6 is 0 Å². The molecular weight excluding hydrogens is 551 g/mol. The Kier molecular flexibility index (Phi) is 6.65. The van der Waals surface area contributed by atoms with Gasteiger partial charge in [-0.3, -0.25) is 9.78 Å². The minimum Gasteiger partial charge on any atom is -0.494 e. The number of carbonyl (C=O) groups excluding carboxylic acids is 1. The number of fused-ring (bicyclic) bond motifs is 3. The normalized spacial score (nSPS) is 20.5. The summed E-state index contributed by atoms with van der Waals surface area (Å²) in [6, 6.07) is 7.96. The van der Waals surface area contributed by atoms with Crippen molar-refractivity contribution in [1.82, 2.24) is 24.5 Å². The second kappa shape index (κ2) is 10.1. The van der Waals surface area contributed by atoms with Crippen molar-refractivity contribution in [1.29, 1.82) is 0 Å². The maximum absolute atomic E-state index is 14.2. The Morgan fingerprint density at radius 2 is 1.85 bits per heavy atom. The van der Waals surface area contributed by atoms with Crippen molar-refractivity contribution < 1.29 is 27.4 Å². The standard InChI is InChI=1S/C28H29FN6O5S/c1-40-23-8-4-15(11-21(23)29)22-7-3-16(12-31-22)20-13-32-35-27(30)26(41(2,38)39)25(33-28(20)35)17-9-18-5-6-19(10-17)34(18)24(37)14-36/h3-4,7-8,11-13,17-19,36H,5-6,9-10,14,30H2,1-2H3/t17-,18-,19+. The largest absolute Gasteiger partial charge is 0.494 e. The highest BCUT2D eigenvalue weighted by molar-refractivity contribution is 7.91. The van der Waals surface area contributed by atoms with Gasteiger partial charge in [0.2, 0.25) is 5.91 Å². The van der Waals surface area contributed by atoms with Crippen molar-refractivity contribution in [2.75, 3.05) is 25.7 Å². The fraction of sp³-hybridized carbons (Fsp3) is 0.357. The summed E-state index contributed by atoms with van der Waals surface area (Å²) in [5.74, 6) is -0.942. The monoisotopic (exact) mass is 580 g/mol. The van der Waals surface area contributed by atoms with E-state index in [4.69, 9.17) is 15.5 Å². The molecule has 11 nitrogen and oxygen atoms in total. The number of benzene rings is 1. The Morgan fingerprint density at radius 3 is 2.44 bits per heavy atom. The Hall–Kier alpha value is -4.10. The molecule has 0 saturated carbocycles. The molecule has 3 aromatic heterocycles. The van der Waals surface area contributed by atoms with Crippen LogP contribution in [-0.2, 0) is 14.6 Å². The van der Waals surface area contributed by atoms with Crippen LogP contribution in [0.25, 0.3) is 28.0 Å². The SMILES string of the molecule is COc1ccc(-c2ccc(-c3cnn4c(N)c(S(C)(=O)=O)c([C@@H]5C[C@H]6CC[C@@H](C5)N6C(=O)CO)nc34)cn2)cc1F. The van der Waals surface area contributed by atoms with Gasteiger partial charge in [0.05, 0.1) is 24.7 Å². The number of anilines is 1. The summed E-state index contributed by atoms with van der Waals surface area (Å²) >= 11 is 0. The number of nitrogens with two attached hydrogens (primary N) is 1. The second-order valence-corrected chi connectivity index (χ2v) is 12.5. The van der Waals surface area contributed by atoms with E-state index in [9.17, 15) is 22.7 Å². The van der Waals surface area contributed by atoms with Gasteiger partial charge in [-0.1, -0.05) is 6.07 Å². The van der Waals surface area contributed by atoms with Crippen LogP contribution < -0.4 is 10.5 Å². The van der Waals surface area contributed by atoms with Crippen LogP contribution in [0, 0.1) is 5.82 Å². The predicted octanol–water partition coefficient (Wildman–Crippen LogP) is 2.82. The topological polar surface area (TPSA) is 153 Å². The molecule has 41 heavy (non-hydrogen) atoms. The van der Waals surface area contributed by atoms with Crippen molar-refractivity contribution in [3.05, 3.63) is 54.2 Å². The van der Waals surface area contributed by atoms with Crippen LogP contribution in [0.2, 0.25) is 0 Å². The third-order valence-electron chi connectivity index (χ3n) is 8.10. The molecule has 2 fully saturated rings. The van der Waals surface area contributed by atoms with Crippen molar-refractivity contribution in [2.45, 2.75) is 48.6 Å². The molecule has 4 aromatic rings. The van der Waals surface area contributed by atoms with E-state index in [1.165, 1.54) is 23.8 Å². The molecule has 2 aliphatic rings. The molecule has 0 aliphatic carbocycles. The van der Waals surface area contributed by atoms with Crippen molar-refractivity contribution in [2.24, 2.45) is 0 Å². The number of aromatic nitrogens is 4. The number of pyridine rings is 1. The molecule has 2 saturated heterocycles. The summed E-state index contributed by atoms with van der Waals surface area (Å²) in [5.41, 5.74) is 9.61. The van der Waals surface area contributed by atoms with E-state index in [0.717, 1.165) is 19.1 Å². The summed E-state index contributed by atoms with van der Waals surface area (Å²) in [4.78, 5) is 23.4. The van der Waals surface area contributed by atoms with Gasteiger partial charge >= 0.3 is 0 Å². The van der Waals surface area contributed by atoms with Gasteiger partial charge in [-0.15, -0.1) is 0 Å². The van der Waals surface area contributed by atoms with Gasteiger partial charge in [0.1, 0.15) is 17.3 Å². The van der Waals surface area contributed by atoms with Crippen LogP contribution in [0.5, 0.6) is 5.75 Å². The molecule has 5 heterocycles. The van der Waals surface area contributed by atoms with Crippen molar-refractivity contribution in [3.63, 3.8) is 0 Å². The molecule has 13 heteroatoms. The highest BCUT2D eigenvalue weighted by Crippen LogP contribution is 2.45. The molecule has 0 spiro atoms. The third kappa shape index (κ3) is 4.58. The number of methoxy groups -OCH3 is 1. The number of rotatable bonds is 6. The van der Waals surface area contributed by atoms with Gasteiger partial charge in [0.25, 0.3) is 0 Å². The number of amides is 1. The fourth-order valence-corrected chi connectivity index (χ4v) is 7.38. The zero-order valence-electron chi connectivity index (χ0n) is 22.5. The summed E-state index contributed by atoms with van der Waals surface area (Å²) in [6.07, 6.45) is 6.89. The molecular formula is C28H29FN6O5S. The Morgan fingerprint density at radius 1 is 1.15 bits per heavy atom. The van der Waals surface area contributed by atoms with Gasteiger partial charge in [0, 0.05) is 47.1 Å². The smallest absolute Gasteiger partial charge is 0.248 e. The first-order chi connectivity index (χ1) is 19.6. The number of nitrogens with zero attached hydrogens (tertiary/aromatic N) is 5. The average Bonchev–Trinajstić information content (AvgIpc) is 3.50. The number of hydrogen-bond donors (Lipinski definition) is 2. The highest BCUT2D eigenvalue weighted by Gasteiger charge is 2.45. The molecule has 2 bridgehead atoms. The Balaban J connectivity index is 1.41. The van der Waals surface area contributed by atoms with Crippen LogP contribution in [0.3, 0.4) is 0 Å². The number of sulfone groups is 1. The highest BCUT2D eigenvalue weighted by atomic mass is 32.2. The summed E-state index contributed by atoms with van der Waals surface area (Å²) < 4.78 is 46.5. The fourth-order valence-electron chi connectivity index (χ4n) is 6.32. The number of aliphatic hydroxyl groups is 1. The first kappa shape index (κ1) is 27.1. The lowest BCUT2D eigenvalue weighted by Gasteiger charge is -2.39.